The number of benzene rings is 1. The van der Waals surface area contributed by atoms with E-state index in [1.54, 1.807) is 0 Å². The van der Waals surface area contributed by atoms with Gasteiger partial charge in [-0.15, -0.1) is 6.58 Å². The molecule has 0 aliphatic carbocycles. The van der Waals surface area contributed by atoms with Crippen molar-refractivity contribution in [2.45, 2.75) is 13.0 Å². The Hall–Kier alpha value is -2.96. The molecular weight excluding hydrogens is 288 g/mol. The van der Waals surface area contributed by atoms with E-state index >= 15 is 0 Å². The van der Waals surface area contributed by atoms with Crippen LogP contribution in [0.4, 0.5) is 0 Å². The molecule has 0 radical (unpaired) electrons. The second-order valence-corrected chi connectivity index (χ2v) is 4.72. The third-order valence-electron chi connectivity index (χ3n) is 3.20. The third kappa shape index (κ3) is 2.60. The van der Waals surface area contributed by atoms with Gasteiger partial charge in [0.05, 0.1) is 16.7 Å². The minimum atomic E-state index is -1.09. The SMILES string of the molecule is C=CCN1C(=O)c2ccc(C(=O)O[C@H](C)C(N)=O)cc2C1=O. The molecule has 1 aliphatic heterocycles. The van der Waals surface area contributed by atoms with Gasteiger partial charge in [0.2, 0.25) is 0 Å². The van der Waals surface area contributed by atoms with Gasteiger partial charge in [0.15, 0.2) is 6.10 Å². The molecule has 0 unspecified atom stereocenters. The first-order valence-corrected chi connectivity index (χ1v) is 6.48. The van der Waals surface area contributed by atoms with Crippen LogP contribution in [0.15, 0.2) is 30.9 Å². The van der Waals surface area contributed by atoms with E-state index in [9.17, 15) is 19.2 Å². The van der Waals surface area contributed by atoms with E-state index < -0.39 is 29.8 Å². The Morgan fingerprint density at radius 3 is 2.55 bits per heavy atom. The Labute approximate surface area is 126 Å². The fourth-order valence-corrected chi connectivity index (χ4v) is 2.00. The molecule has 2 N–H and O–H groups in total. The van der Waals surface area contributed by atoms with Gasteiger partial charge in [0.25, 0.3) is 17.7 Å². The van der Waals surface area contributed by atoms with Crippen LogP contribution in [0.3, 0.4) is 0 Å². The Balaban J connectivity index is 2.29. The predicted molar refractivity (Wildman–Crippen MR) is 76.1 cm³/mol. The summed E-state index contributed by atoms with van der Waals surface area (Å²) in [4.78, 5) is 48.0. The minimum Gasteiger partial charge on any atom is -0.449 e. The maximum atomic E-state index is 12.1. The summed E-state index contributed by atoms with van der Waals surface area (Å²) in [6.07, 6.45) is 0.348. The van der Waals surface area contributed by atoms with Crippen LogP contribution in [0.2, 0.25) is 0 Å². The third-order valence-corrected chi connectivity index (χ3v) is 3.20. The molecule has 22 heavy (non-hydrogen) atoms. The summed E-state index contributed by atoms with van der Waals surface area (Å²) in [7, 11) is 0. The lowest BCUT2D eigenvalue weighted by molar-refractivity contribution is -0.125. The topological polar surface area (TPSA) is 107 Å². The van der Waals surface area contributed by atoms with E-state index in [-0.39, 0.29) is 23.2 Å². The number of carbonyl (C=O) groups excluding carboxylic acids is 4. The van der Waals surface area contributed by atoms with Crippen LogP contribution in [0, 0.1) is 0 Å². The first-order chi connectivity index (χ1) is 10.4. The number of ether oxygens (including phenoxy) is 1. The van der Waals surface area contributed by atoms with Gasteiger partial charge in [-0.3, -0.25) is 19.3 Å². The van der Waals surface area contributed by atoms with Gasteiger partial charge in [-0.25, -0.2) is 4.79 Å². The molecule has 0 fully saturated rings. The summed E-state index contributed by atoms with van der Waals surface area (Å²) in [5, 5.41) is 0. The minimum absolute atomic E-state index is 0.0634. The number of rotatable bonds is 5. The lowest BCUT2D eigenvalue weighted by atomic mass is 10.1. The van der Waals surface area contributed by atoms with E-state index in [1.807, 2.05) is 0 Å². The molecule has 114 valence electrons. The van der Waals surface area contributed by atoms with Gasteiger partial charge >= 0.3 is 5.97 Å². The molecule has 1 aliphatic rings. The number of amides is 3. The van der Waals surface area contributed by atoms with Crippen molar-refractivity contribution in [3.05, 3.63) is 47.5 Å². The van der Waals surface area contributed by atoms with Crippen molar-refractivity contribution in [1.29, 1.82) is 0 Å². The number of carbonyl (C=O) groups is 4. The highest BCUT2D eigenvalue weighted by Gasteiger charge is 2.35. The summed E-state index contributed by atoms with van der Waals surface area (Å²) in [6, 6.07) is 4.01. The summed E-state index contributed by atoms with van der Waals surface area (Å²) < 4.78 is 4.85. The van der Waals surface area contributed by atoms with Gasteiger partial charge in [0, 0.05) is 6.54 Å². The number of fused-ring (bicyclic) bond motifs is 1. The van der Waals surface area contributed by atoms with Crippen LogP contribution in [0.5, 0.6) is 0 Å². The van der Waals surface area contributed by atoms with Crippen molar-refractivity contribution in [3.8, 4) is 0 Å². The zero-order chi connectivity index (χ0) is 16.4. The van der Waals surface area contributed by atoms with Gasteiger partial charge < -0.3 is 10.5 Å². The maximum Gasteiger partial charge on any atom is 0.338 e. The number of hydrogen-bond donors (Lipinski definition) is 1. The molecule has 1 aromatic rings. The molecule has 1 heterocycles. The standard InChI is InChI=1S/C15H14N2O5/c1-3-6-17-13(19)10-5-4-9(7-11(10)14(17)20)15(21)22-8(2)12(16)18/h3-5,7-8H,1,6H2,2H3,(H2,16,18)/t8-/m1/s1. The first kappa shape index (κ1) is 15.4. The summed E-state index contributed by atoms with van der Waals surface area (Å²) in [6.45, 7) is 4.92. The number of nitrogens with two attached hydrogens (primary N) is 1. The molecule has 0 spiro atoms. The molecule has 0 saturated carbocycles. The van der Waals surface area contributed by atoms with Gasteiger partial charge in [-0.05, 0) is 25.1 Å². The van der Waals surface area contributed by atoms with E-state index in [0.717, 1.165) is 4.90 Å². The highest BCUT2D eigenvalue weighted by atomic mass is 16.5. The molecule has 0 aromatic heterocycles. The van der Waals surface area contributed by atoms with Crippen LogP contribution in [0.1, 0.15) is 38.0 Å². The average Bonchev–Trinajstić information content (AvgIpc) is 2.72. The lowest BCUT2D eigenvalue weighted by Gasteiger charge is -2.10. The smallest absolute Gasteiger partial charge is 0.338 e. The average molecular weight is 302 g/mol. The van der Waals surface area contributed by atoms with Crippen LogP contribution < -0.4 is 5.73 Å². The Kier molecular flexibility index (Phi) is 4.07. The van der Waals surface area contributed by atoms with E-state index in [1.165, 1.54) is 31.2 Å². The van der Waals surface area contributed by atoms with Crippen molar-refractivity contribution in [2.75, 3.05) is 6.54 Å². The number of imide groups is 1. The Morgan fingerprint density at radius 1 is 1.32 bits per heavy atom. The number of nitrogens with zero attached hydrogens (tertiary/aromatic N) is 1. The molecule has 7 nitrogen and oxygen atoms in total. The quantitative estimate of drug-likeness (QED) is 0.484. The number of primary amides is 1. The van der Waals surface area contributed by atoms with Crippen molar-refractivity contribution in [3.63, 3.8) is 0 Å². The van der Waals surface area contributed by atoms with E-state index in [2.05, 4.69) is 6.58 Å². The highest BCUT2D eigenvalue weighted by Crippen LogP contribution is 2.24. The normalized spacial score (nSPS) is 14.5. The molecular formula is C15H14N2O5. The van der Waals surface area contributed by atoms with Crippen molar-refractivity contribution >= 4 is 23.7 Å². The largest absolute Gasteiger partial charge is 0.449 e. The van der Waals surface area contributed by atoms with Gasteiger partial charge in [-0.2, -0.15) is 0 Å². The van der Waals surface area contributed by atoms with Gasteiger partial charge in [-0.1, -0.05) is 6.08 Å². The van der Waals surface area contributed by atoms with E-state index in [0.29, 0.717) is 0 Å². The summed E-state index contributed by atoms with van der Waals surface area (Å²) in [5.41, 5.74) is 5.41. The van der Waals surface area contributed by atoms with Crippen LogP contribution >= 0.6 is 0 Å². The molecule has 0 saturated heterocycles. The Morgan fingerprint density at radius 2 is 1.95 bits per heavy atom. The zero-order valence-corrected chi connectivity index (χ0v) is 11.9. The molecule has 1 atom stereocenters. The van der Waals surface area contributed by atoms with Crippen LogP contribution in [0.25, 0.3) is 0 Å². The van der Waals surface area contributed by atoms with E-state index in [4.69, 9.17) is 10.5 Å². The molecule has 1 aromatic carbocycles. The first-order valence-electron chi connectivity index (χ1n) is 6.48. The van der Waals surface area contributed by atoms with Gasteiger partial charge in [0.1, 0.15) is 0 Å². The van der Waals surface area contributed by atoms with Crippen LogP contribution in [-0.2, 0) is 9.53 Å². The highest BCUT2D eigenvalue weighted by molar-refractivity contribution is 6.22. The summed E-state index contributed by atoms with van der Waals surface area (Å²) >= 11 is 0. The molecule has 2 rings (SSSR count). The van der Waals surface area contributed by atoms with Crippen LogP contribution in [-0.4, -0.2) is 41.2 Å². The maximum absolute atomic E-state index is 12.1. The fraction of sp³-hybridized carbons (Fsp3) is 0.200. The second kappa shape index (κ2) is 5.80. The predicted octanol–water partition coefficient (Wildman–Crippen LogP) is 0.499. The lowest BCUT2D eigenvalue weighted by Crippen LogP contribution is -2.30. The molecule has 7 heteroatoms. The van der Waals surface area contributed by atoms with Crippen molar-refractivity contribution in [2.24, 2.45) is 5.73 Å². The second-order valence-electron chi connectivity index (χ2n) is 4.72. The molecule has 0 bridgehead atoms. The van der Waals surface area contributed by atoms with Crippen molar-refractivity contribution in [1.82, 2.24) is 4.90 Å². The number of esters is 1. The van der Waals surface area contributed by atoms with Crippen molar-refractivity contribution < 1.29 is 23.9 Å². The fourth-order valence-electron chi connectivity index (χ4n) is 2.00. The summed E-state index contributed by atoms with van der Waals surface area (Å²) in [5.74, 6) is -2.52. The monoisotopic (exact) mass is 302 g/mol. The molecule has 3 amide bonds. The zero-order valence-electron chi connectivity index (χ0n) is 11.9. The Bertz CT molecular complexity index is 695. The number of hydrogen-bond acceptors (Lipinski definition) is 5.